The van der Waals surface area contributed by atoms with Gasteiger partial charge in [0.15, 0.2) is 0 Å². The molecule has 0 amide bonds. The van der Waals surface area contributed by atoms with Crippen LogP contribution in [0.15, 0.2) is 12.1 Å². The van der Waals surface area contributed by atoms with Gasteiger partial charge in [-0.3, -0.25) is 4.90 Å². The number of rotatable bonds is 2. The van der Waals surface area contributed by atoms with Crippen LogP contribution in [0.5, 0.6) is 0 Å². The van der Waals surface area contributed by atoms with Gasteiger partial charge < -0.3 is 10.1 Å². The number of nitrogens with zero attached hydrogens (tertiary/aromatic N) is 1. The van der Waals surface area contributed by atoms with Gasteiger partial charge in [0.1, 0.15) is 5.82 Å². The van der Waals surface area contributed by atoms with Gasteiger partial charge in [0.2, 0.25) is 0 Å². The van der Waals surface area contributed by atoms with Crippen molar-refractivity contribution in [2.45, 2.75) is 25.4 Å². The van der Waals surface area contributed by atoms with Crippen LogP contribution < -0.4 is 5.32 Å². The van der Waals surface area contributed by atoms with Gasteiger partial charge in [0.05, 0.1) is 13.2 Å². The van der Waals surface area contributed by atoms with Gasteiger partial charge >= 0.3 is 0 Å². The van der Waals surface area contributed by atoms with Crippen LogP contribution in [0.1, 0.15) is 23.6 Å². The van der Waals surface area contributed by atoms with E-state index in [9.17, 15) is 4.39 Å². The van der Waals surface area contributed by atoms with Crippen molar-refractivity contribution in [3.8, 4) is 0 Å². The van der Waals surface area contributed by atoms with Gasteiger partial charge in [0, 0.05) is 30.2 Å². The van der Waals surface area contributed by atoms with Crippen molar-refractivity contribution in [1.82, 2.24) is 10.2 Å². The molecule has 3 nitrogen and oxygen atoms in total. The highest BCUT2D eigenvalue weighted by Crippen LogP contribution is 2.34. The van der Waals surface area contributed by atoms with E-state index in [1.165, 1.54) is 6.07 Å². The maximum Gasteiger partial charge on any atom is 0.123 e. The Balaban J connectivity index is 0.00000161. The molecule has 0 unspecified atom stereocenters. The van der Waals surface area contributed by atoms with Crippen LogP contribution in [0, 0.1) is 12.7 Å². The van der Waals surface area contributed by atoms with Crippen molar-refractivity contribution in [3.05, 3.63) is 34.1 Å². The Morgan fingerprint density at radius 2 is 2.05 bits per heavy atom. The second-order valence-corrected chi connectivity index (χ2v) is 5.94. The first-order valence-corrected chi connectivity index (χ1v) is 7.55. The molecule has 2 aliphatic heterocycles. The van der Waals surface area contributed by atoms with Crippen LogP contribution in [-0.4, -0.2) is 43.8 Å². The zero-order valence-electron chi connectivity index (χ0n) is 12.1. The molecule has 0 aromatic heterocycles. The summed E-state index contributed by atoms with van der Waals surface area (Å²) in [4.78, 5) is 2.44. The van der Waals surface area contributed by atoms with Crippen molar-refractivity contribution >= 4 is 24.0 Å². The summed E-state index contributed by atoms with van der Waals surface area (Å²) in [7, 11) is 0. The molecule has 118 valence electrons. The molecule has 3 rings (SSSR count). The summed E-state index contributed by atoms with van der Waals surface area (Å²) in [6.07, 6.45) is 1.07. The lowest BCUT2D eigenvalue weighted by Gasteiger charge is -2.35. The predicted octanol–water partition coefficient (Wildman–Crippen LogP) is 2.94. The van der Waals surface area contributed by atoms with Gasteiger partial charge in [-0.1, -0.05) is 11.6 Å². The second kappa shape index (κ2) is 7.25. The molecule has 1 aromatic carbocycles. The molecule has 2 heterocycles. The maximum absolute atomic E-state index is 13.7. The van der Waals surface area contributed by atoms with Crippen molar-refractivity contribution in [1.29, 1.82) is 0 Å². The van der Waals surface area contributed by atoms with E-state index in [0.717, 1.165) is 50.4 Å². The number of hydrogen-bond donors (Lipinski definition) is 1. The van der Waals surface area contributed by atoms with Crippen LogP contribution in [0.4, 0.5) is 4.39 Å². The van der Waals surface area contributed by atoms with Gasteiger partial charge in [-0.15, -0.1) is 12.4 Å². The summed E-state index contributed by atoms with van der Waals surface area (Å²) in [5.41, 5.74) is 1.69. The first-order chi connectivity index (χ1) is 9.66. The zero-order valence-corrected chi connectivity index (χ0v) is 13.6. The Morgan fingerprint density at radius 3 is 2.76 bits per heavy atom. The Bertz CT molecular complexity index is 495. The number of nitrogens with one attached hydrogen (secondary N) is 1. The molecule has 2 saturated heterocycles. The van der Waals surface area contributed by atoms with Crippen LogP contribution >= 0.6 is 24.0 Å². The van der Waals surface area contributed by atoms with E-state index in [-0.39, 0.29) is 24.3 Å². The predicted molar refractivity (Wildman–Crippen MR) is 84.9 cm³/mol. The quantitative estimate of drug-likeness (QED) is 0.899. The average Bonchev–Trinajstić information content (AvgIpc) is 2.93. The number of halogens is 3. The lowest BCUT2D eigenvalue weighted by atomic mass is 9.97. The third kappa shape index (κ3) is 3.51. The van der Waals surface area contributed by atoms with E-state index < -0.39 is 0 Å². The summed E-state index contributed by atoms with van der Waals surface area (Å²) >= 11 is 6.40. The minimum atomic E-state index is -0.212. The first-order valence-electron chi connectivity index (χ1n) is 7.17. The van der Waals surface area contributed by atoms with Crippen molar-refractivity contribution in [3.63, 3.8) is 0 Å². The lowest BCUT2D eigenvalue weighted by molar-refractivity contribution is 0.0139. The summed E-state index contributed by atoms with van der Waals surface area (Å²) < 4.78 is 19.1. The van der Waals surface area contributed by atoms with Crippen LogP contribution in [0.25, 0.3) is 0 Å². The van der Waals surface area contributed by atoms with Crippen molar-refractivity contribution in [2.24, 2.45) is 0 Å². The molecule has 2 atom stereocenters. The SMILES string of the molecule is Cc1cc(F)cc([C@H]2NCC[C@H]2N2CCOCC2)c1Cl.Cl. The molecule has 2 aliphatic rings. The molecular formula is C15H21Cl2FN2O. The normalized spacial score (nSPS) is 26.6. The summed E-state index contributed by atoms with van der Waals surface area (Å²) in [6.45, 7) is 6.23. The molecule has 2 fully saturated rings. The Labute approximate surface area is 136 Å². The smallest absolute Gasteiger partial charge is 0.123 e. The number of benzene rings is 1. The largest absolute Gasteiger partial charge is 0.379 e. The molecule has 0 aliphatic carbocycles. The Hall–Kier alpha value is -0.390. The molecular weight excluding hydrogens is 314 g/mol. The number of morpholine rings is 1. The van der Waals surface area contributed by atoms with Crippen LogP contribution in [0.2, 0.25) is 5.02 Å². The molecule has 1 N–H and O–H groups in total. The minimum absolute atomic E-state index is 0. The molecule has 21 heavy (non-hydrogen) atoms. The zero-order chi connectivity index (χ0) is 14.1. The summed E-state index contributed by atoms with van der Waals surface area (Å²) in [5.74, 6) is -0.212. The monoisotopic (exact) mass is 334 g/mol. The highest BCUT2D eigenvalue weighted by molar-refractivity contribution is 6.32. The molecule has 0 radical (unpaired) electrons. The Morgan fingerprint density at radius 1 is 1.33 bits per heavy atom. The fraction of sp³-hybridized carbons (Fsp3) is 0.600. The molecule has 0 saturated carbocycles. The molecule has 1 aromatic rings. The minimum Gasteiger partial charge on any atom is -0.379 e. The highest BCUT2D eigenvalue weighted by Gasteiger charge is 2.35. The van der Waals surface area contributed by atoms with Crippen molar-refractivity contribution in [2.75, 3.05) is 32.8 Å². The van der Waals surface area contributed by atoms with Gasteiger partial charge in [0.25, 0.3) is 0 Å². The van der Waals surface area contributed by atoms with Crippen LogP contribution in [0.3, 0.4) is 0 Å². The van der Waals surface area contributed by atoms with E-state index in [1.807, 2.05) is 6.92 Å². The molecule has 0 spiro atoms. The second-order valence-electron chi connectivity index (χ2n) is 5.56. The third-order valence-electron chi connectivity index (χ3n) is 4.29. The van der Waals surface area contributed by atoms with E-state index in [2.05, 4.69) is 10.2 Å². The maximum atomic E-state index is 13.7. The van der Waals surface area contributed by atoms with Crippen molar-refractivity contribution < 1.29 is 9.13 Å². The van der Waals surface area contributed by atoms with Gasteiger partial charge in [-0.25, -0.2) is 4.39 Å². The molecule has 0 bridgehead atoms. The van der Waals surface area contributed by atoms with Crippen LogP contribution in [-0.2, 0) is 4.74 Å². The summed E-state index contributed by atoms with van der Waals surface area (Å²) in [5, 5.41) is 4.17. The third-order valence-corrected chi connectivity index (χ3v) is 4.80. The Kier molecular flexibility index (Phi) is 5.86. The fourth-order valence-corrected chi connectivity index (χ4v) is 3.51. The van der Waals surface area contributed by atoms with E-state index in [4.69, 9.17) is 16.3 Å². The van der Waals surface area contributed by atoms with E-state index >= 15 is 0 Å². The first kappa shape index (κ1) is 17.0. The summed E-state index contributed by atoms with van der Waals surface area (Å²) in [6, 6.07) is 3.55. The fourth-order valence-electron chi connectivity index (χ4n) is 3.29. The number of aryl methyl sites for hydroxylation is 1. The average molecular weight is 335 g/mol. The van der Waals surface area contributed by atoms with Gasteiger partial charge in [-0.2, -0.15) is 0 Å². The number of ether oxygens (including phenoxy) is 1. The highest BCUT2D eigenvalue weighted by atomic mass is 35.5. The lowest BCUT2D eigenvalue weighted by Crippen LogP contribution is -2.45. The number of hydrogen-bond acceptors (Lipinski definition) is 3. The standard InChI is InChI=1S/C15H20ClFN2O.ClH/c1-10-8-11(17)9-12(14(10)16)15-13(2-3-18-15)19-4-6-20-7-5-19;/h8-9,13,15,18H,2-7H2,1H3;1H/t13-,15-;/m1./s1. The topological polar surface area (TPSA) is 24.5 Å². The van der Waals surface area contributed by atoms with E-state index in [0.29, 0.717) is 11.1 Å². The van der Waals surface area contributed by atoms with E-state index in [1.54, 1.807) is 6.07 Å². The molecule has 6 heteroatoms. The van der Waals surface area contributed by atoms with Gasteiger partial charge in [-0.05, 0) is 43.1 Å².